The van der Waals surface area contributed by atoms with Gasteiger partial charge < -0.3 is 5.32 Å². The highest BCUT2D eigenvalue weighted by atomic mass is 32.2. The Bertz CT molecular complexity index is 724. The fourth-order valence-electron chi connectivity index (χ4n) is 3.78. The monoisotopic (exact) mass is 410 g/mol. The molecule has 0 unspecified atom stereocenters. The number of rotatable bonds is 7. The first kappa shape index (κ1) is 20.7. The summed E-state index contributed by atoms with van der Waals surface area (Å²) in [6, 6.07) is 6.43. The molecule has 1 saturated heterocycles. The number of benzene rings is 1. The van der Waals surface area contributed by atoms with Gasteiger partial charge >= 0.3 is 0 Å². The number of hydrogen-bond donors (Lipinski definition) is 1. The molecule has 1 amide bonds. The van der Waals surface area contributed by atoms with Crippen LogP contribution in [-0.2, 0) is 10.0 Å². The largest absolute Gasteiger partial charge is 0.351 e. The SMILES string of the molecule is O=C(NCCSC1CCCCC1)c1cccc(S(=O)(=O)N2CCCCC2)c1. The van der Waals surface area contributed by atoms with Crippen LogP contribution in [0.25, 0.3) is 0 Å². The topological polar surface area (TPSA) is 66.5 Å². The van der Waals surface area contributed by atoms with Gasteiger partial charge in [0.05, 0.1) is 4.90 Å². The fraction of sp³-hybridized carbons (Fsp3) is 0.650. The zero-order valence-electron chi connectivity index (χ0n) is 15.9. The highest BCUT2D eigenvalue weighted by molar-refractivity contribution is 7.99. The van der Waals surface area contributed by atoms with Gasteiger partial charge in [0.25, 0.3) is 5.91 Å². The molecule has 0 aromatic heterocycles. The lowest BCUT2D eigenvalue weighted by atomic mass is 10.0. The molecule has 0 radical (unpaired) electrons. The number of nitrogens with zero attached hydrogens (tertiary/aromatic N) is 1. The zero-order chi connectivity index (χ0) is 19.1. The molecule has 1 aliphatic heterocycles. The summed E-state index contributed by atoms with van der Waals surface area (Å²) in [5.41, 5.74) is 0.413. The molecule has 1 aromatic rings. The first-order valence-electron chi connectivity index (χ1n) is 10.1. The Morgan fingerprint density at radius 2 is 1.78 bits per heavy atom. The van der Waals surface area contributed by atoms with Gasteiger partial charge in [-0.15, -0.1) is 0 Å². The smallest absolute Gasteiger partial charge is 0.251 e. The lowest BCUT2D eigenvalue weighted by Gasteiger charge is -2.26. The molecule has 1 aromatic carbocycles. The third kappa shape index (κ3) is 5.72. The zero-order valence-corrected chi connectivity index (χ0v) is 17.5. The summed E-state index contributed by atoms with van der Waals surface area (Å²) in [5.74, 6) is 0.706. The number of nitrogens with one attached hydrogen (secondary N) is 1. The maximum absolute atomic E-state index is 12.8. The van der Waals surface area contributed by atoms with Crippen molar-refractivity contribution in [2.24, 2.45) is 0 Å². The van der Waals surface area contributed by atoms with E-state index in [1.807, 2.05) is 11.8 Å². The number of carbonyl (C=O) groups is 1. The number of carbonyl (C=O) groups excluding carboxylic acids is 1. The van der Waals surface area contributed by atoms with Gasteiger partial charge in [-0.2, -0.15) is 16.1 Å². The van der Waals surface area contributed by atoms with Crippen LogP contribution in [0.2, 0.25) is 0 Å². The maximum atomic E-state index is 12.8. The summed E-state index contributed by atoms with van der Waals surface area (Å²) < 4.78 is 27.1. The average Bonchev–Trinajstić information content (AvgIpc) is 2.72. The minimum absolute atomic E-state index is 0.199. The van der Waals surface area contributed by atoms with Crippen LogP contribution in [0.15, 0.2) is 29.2 Å². The first-order chi connectivity index (χ1) is 13.1. The van der Waals surface area contributed by atoms with Gasteiger partial charge in [0.2, 0.25) is 10.0 Å². The van der Waals surface area contributed by atoms with Crippen molar-refractivity contribution in [2.45, 2.75) is 61.5 Å². The minimum atomic E-state index is -3.51. The van der Waals surface area contributed by atoms with Crippen LogP contribution >= 0.6 is 11.8 Å². The lowest BCUT2D eigenvalue weighted by Crippen LogP contribution is -2.35. The summed E-state index contributed by atoms with van der Waals surface area (Å²) in [6.45, 7) is 1.75. The standard InChI is InChI=1S/C20H30N2O3S2/c23-20(21-12-15-26-18-9-3-1-4-10-18)17-8-7-11-19(16-17)27(24,25)22-13-5-2-6-14-22/h7-8,11,16,18H,1-6,9-10,12-15H2,(H,21,23). The second-order valence-corrected chi connectivity index (χ2v) is 10.7. The Kier molecular flexibility index (Phi) is 7.61. The molecule has 150 valence electrons. The van der Waals surface area contributed by atoms with Gasteiger partial charge in [0.1, 0.15) is 0 Å². The molecule has 5 nitrogen and oxygen atoms in total. The number of hydrogen-bond acceptors (Lipinski definition) is 4. The second kappa shape index (κ2) is 9.94. The number of amides is 1. The van der Waals surface area contributed by atoms with Gasteiger partial charge in [0.15, 0.2) is 0 Å². The highest BCUT2D eigenvalue weighted by Gasteiger charge is 2.26. The van der Waals surface area contributed by atoms with Gasteiger partial charge in [-0.05, 0) is 43.9 Å². The van der Waals surface area contributed by atoms with Crippen LogP contribution in [0.4, 0.5) is 0 Å². The van der Waals surface area contributed by atoms with Gasteiger partial charge in [0, 0.05) is 36.2 Å². The molecule has 0 bridgehead atoms. The predicted molar refractivity (Wildman–Crippen MR) is 111 cm³/mol. The van der Waals surface area contributed by atoms with E-state index in [0.717, 1.165) is 30.3 Å². The van der Waals surface area contributed by atoms with Crippen molar-refractivity contribution in [1.82, 2.24) is 9.62 Å². The van der Waals surface area contributed by atoms with Crippen molar-refractivity contribution in [2.75, 3.05) is 25.4 Å². The van der Waals surface area contributed by atoms with E-state index in [2.05, 4.69) is 5.32 Å². The molecule has 7 heteroatoms. The molecule has 27 heavy (non-hydrogen) atoms. The molecule has 1 aliphatic carbocycles. The predicted octanol–water partition coefficient (Wildman–Crippen LogP) is 3.66. The Morgan fingerprint density at radius 3 is 2.52 bits per heavy atom. The van der Waals surface area contributed by atoms with E-state index < -0.39 is 10.0 Å². The molecular weight excluding hydrogens is 380 g/mol. The van der Waals surface area contributed by atoms with E-state index in [9.17, 15) is 13.2 Å². The molecule has 1 saturated carbocycles. The Balaban J connectivity index is 1.53. The van der Waals surface area contributed by atoms with Gasteiger partial charge in [-0.25, -0.2) is 8.42 Å². The molecular formula is C20H30N2O3S2. The summed E-state index contributed by atoms with van der Waals surface area (Å²) in [4.78, 5) is 12.6. The molecule has 1 heterocycles. The Labute approximate surface area is 167 Å². The quantitative estimate of drug-likeness (QED) is 0.697. The summed E-state index contributed by atoms with van der Waals surface area (Å²) in [7, 11) is -3.51. The molecule has 3 rings (SSSR count). The molecule has 2 fully saturated rings. The van der Waals surface area contributed by atoms with E-state index >= 15 is 0 Å². The van der Waals surface area contributed by atoms with Crippen LogP contribution in [-0.4, -0.2) is 49.3 Å². The minimum Gasteiger partial charge on any atom is -0.351 e. The van der Waals surface area contributed by atoms with E-state index in [1.165, 1.54) is 42.5 Å². The Hall–Kier alpha value is -1.05. The van der Waals surface area contributed by atoms with Crippen LogP contribution in [0.3, 0.4) is 0 Å². The van der Waals surface area contributed by atoms with Gasteiger partial charge in [-0.3, -0.25) is 4.79 Å². The van der Waals surface area contributed by atoms with Crippen molar-refractivity contribution < 1.29 is 13.2 Å². The van der Waals surface area contributed by atoms with Crippen molar-refractivity contribution in [3.63, 3.8) is 0 Å². The lowest BCUT2D eigenvalue weighted by molar-refractivity contribution is 0.0956. The normalized spacial score (nSPS) is 19.7. The van der Waals surface area contributed by atoms with Crippen molar-refractivity contribution in [1.29, 1.82) is 0 Å². The molecule has 0 atom stereocenters. The fourth-order valence-corrected chi connectivity index (χ4v) is 6.56. The number of sulfonamides is 1. The number of piperidine rings is 1. The van der Waals surface area contributed by atoms with Crippen molar-refractivity contribution in [3.05, 3.63) is 29.8 Å². The summed E-state index contributed by atoms with van der Waals surface area (Å²) in [5, 5.41) is 3.66. The van der Waals surface area contributed by atoms with E-state index in [4.69, 9.17) is 0 Å². The third-order valence-electron chi connectivity index (χ3n) is 5.34. The summed E-state index contributed by atoms with van der Waals surface area (Å²) in [6.07, 6.45) is 9.45. The van der Waals surface area contributed by atoms with Gasteiger partial charge in [-0.1, -0.05) is 31.7 Å². The van der Waals surface area contributed by atoms with Crippen LogP contribution < -0.4 is 5.32 Å². The van der Waals surface area contributed by atoms with E-state index in [-0.39, 0.29) is 10.8 Å². The van der Waals surface area contributed by atoms with Crippen LogP contribution in [0, 0.1) is 0 Å². The second-order valence-electron chi connectivity index (χ2n) is 7.38. The average molecular weight is 411 g/mol. The highest BCUT2D eigenvalue weighted by Crippen LogP contribution is 2.27. The van der Waals surface area contributed by atoms with E-state index in [0.29, 0.717) is 25.2 Å². The molecule has 1 N–H and O–H groups in total. The number of thioether (sulfide) groups is 1. The molecule has 0 spiro atoms. The van der Waals surface area contributed by atoms with Crippen LogP contribution in [0.5, 0.6) is 0 Å². The summed E-state index contributed by atoms with van der Waals surface area (Å²) >= 11 is 1.94. The van der Waals surface area contributed by atoms with Crippen LogP contribution in [0.1, 0.15) is 61.7 Å². The Morgan fingerprint density at radius 1 is 1.07 bits per heavy atom. The van der Waals surface area contributed by atoms with Crippen molar-refractivity contribution >= 4 is 27.7 Å². The third-order valence-corrected chi connectivity index (χ3v) is 8.62. The first-order valence-corrected chi connectivity index (χ1v) is 12.6. The molecule has 2 aliphatic rings. The van der Waals surface area contributed by atoms with E-state index in [1.54, 1.807) is 18.2 Å². The maximum Gasteiger partial charge on any atom is 0.251 e. The van der Waals surface area contributed by atoms with Crippen molar-refractivity contribution in [3.8, 4) is 0 Å².